The minimum absolute atomic E-state index is 0.222. The van der Waals surface area contributed by atoms with Gasteiger partial charge in [-0.2, -0.15) is 0 Å². The average molecular weight is 315 g/mol. The Morgan fingerprint density at radius 2 is 1.74 bits per heavy atom. The van der Waals surface area contributed by atoms with Gasteiger partial charge in [-0.15, -0.1) is 0 Å². The molecule has 2 aliphatic rings. The van der Waals surface area contributed by atoms with Crippen molar-refractivity contribution in [3.63, 3.8) is 0 Å². The highest BCUT2D eigenvalue weighted by Gasteiger charge is 2.50. The lowest BCUT2D eigenvalue weighted by atomic mass is 9.95. The lowest BCUT2D eigenvalue weighted by molar-refractivity contribution is -0.123. The first-order valence-electron chi connectivity index (χ1n) is 9.03. The number of amides is 1. The second-order valence-corrected chi connectivity index (χ2v) is 6.83. The van der Waals surface area contributed by atoms with Crippen molar-refractivity contribution in [2.24, 2.45) is 0 Å². The van der Waals surface area contributed by atoms with Crippen LogP contribution >= 0.6 is 0 Å². The van der Waals surface area contributed by atoms with Crippen LogP contribution in [-0.4, -0.2) is 61.5 Å². The normalized spacial score (nSPS) is 21.1. The zero-order valence-electron chi connectivity index (χ0n) is 14.3. The van der Waals surface area contributed by atoms with E-state index in [1.165, 1.54) is 18.7 Å². The molecule has 1 saturated heterocycles. The fourth-order valence-corrected chi connectivity index (χ4v) is 3.53. The van der Waals surface area contributed by atoms with E-state index in [9.17, 15) is 4.79 Å². The summed E-state index contributed by atoms with van der Waals surface area (Å²) in [6, 6.07) is 10.2. The lowest BCUT2D eigenvalue weighted by Crippen LogP contribution is -2.46. The monoisotopic (exact) mass is 315 g/mol. The Balaban J connectivity index is 1.37. The van der Waals surface area contributed by atoms with Crippen LogP contribution in [0.2, 0.25) is 0 Å². The number of hydrogen-bond acceptors (Lipinski definition) is 3. The summed E-state index contributed by atoms with van der Waals surface area (Å²) >= 11 is 0. The Morgan fingerprint density at radius 1 is 1.09 bits per heavy atom. The summed E-state index contributed by atoms with van der Waals surface area (Å²) in [6.07, 6.45) is 3.02. The molecule has 3 rings (SSSR count). The number of carbonyl (C=O) groups is 1. The van der Waals surface area contributed by atoms with Crippen molar-refractivity contribution in [3.8, 4) is 0 Å². The van der Waals surface area contributed by atoms with Gasteiger partial charge in [-0.1, -0.05) is 37.3 Å². The van der Waals surface area contributed by atoms with Crippen LogP contribution in [0.4, 0.5) is 0 Å². The van der Waals surface area contributed by atoms with E-state index in [1.54, 1.807) is 0 Å². The number of rotatable bonds is 7. The van der Waals surface area contributed by atoms with Crippen LogP contribution in [0, 0.1) is 0 Å². The molecule has 1 saturated carbocycles. The van der Waals surface area contributed by atoms with Crippen LogP contribution in [-0.2, 0) is 10.2 Å². The highest BCUT2D eigenvalue weighted by atomic mass is 16.2. The molecule has 0 atom stereocenters. The highest BCUT2D eigenvalue weighted by Crippen LogP contribution is 2.48. The lowest BCUT2D eigenvalue weighted by Gasteiger charge is -2.34. The van der Waals surface area contributed by atoms with Gasteiger partial charge < -0.3 is 15.1 Å². The molecule has 1 aromatic rings. The van der Waals surface area contributed by atoms with E-state index in [0.29, 0.717) is 0 Å². The Hall–Kier alpha value is -1.39. The van der Waals surface area contributed by atoms with E-state index in [4.69, 9.17) is 0 Å². The number of nitrogens with one attached hydrogen (secondary N) is 1. The maximum atomic E-state index is 12.5. The molecule has 1 aliphatic heterocycles. The largest absolute Gasteiger partial charge is 0.355 e. The topological polar surface area (TPSA) is 35.6 Å². The van der Waals surface area contributed by atoms with Gasteiger partial charge in [0.25, 0.3) is 0 Å². The summed E-state index contributed by atoms with van der Waals surface area (Å²) in [4.78, 5) is 17.5. The Kier molecular flexibility index (Phi) is 5.34. The summed E-state index contributed by atoms with van der Waals surface area (Å²) in [5.41, 5.74) is 0.946. The summed E-state index contributed by atoms with van der Waals surface area (Å²) < 4.78 is 0. The number of nitrogens with zero attached hydrogens (tertiary/aromatic N) is 2. The van der Waals surface area contributed by atoms with E-state index < -0.39 is 0 Å². The smallest absolute Gasteiger partial charge is 0.230 e. The standard InChI is InChI=1S/C19H29N3O/c1-2-21-13-15-22(16-14-21)12-6-11-20-18(23)19(9-10-19)17-7-4-3-5-8-17/h3-5,7-8H,2,6,9-16H2,1H3,(H,20,23). The van der Waals surface area contributed by atoms with Gasteiger partial charge in [-0.25, -0.2) is 0 Å². The van der Waals surface area contributed by atoms with Crippen LogP contribution in [0.25, 0.3) is 0 Å². The van der Waals surface area contributed by atoms with E-state index in [-0.39, 0.29) is 11.3 Å². The molecule has 1 aliphatic carbocycles. The predicted molar refractivity (Wildman–Crippen MR) is 93.5 cm³/mol. The van der Waals surface area contributed by atoms with Gasteiger partial charge in [0.05, 0.1) is 5.41 Å². The van der Waals surface area contributed by atoms with Crippen molar-refractivity contribution in [1.29, 1.82) is 0 Å². The molecule has 4 heteroatoms. The zero-order valence-corrected chi connectivity index (χ0v) is 14.3. The molecular formula is C19H29N3O. The first-order chi connectivity index (χ1) is 11.2. The van der Waals surface area contributed by atoms with Crippen LogP contribution < -0.4 is 5.32 Å². The van der Waals surface area contributed by atoms with Crippen LogP contribution in [0.15, 0.2) is 30.3 Å². The van der Waals surface area contributed by atoms with Gasteiger partial charge in [-0.3, -0.25) is 4.79 Å². The fourth-order valence-electron chi connectivity index (χ4n) is 3.53. The zero-order chi connectivity index (χ0) is 16.1. The van der Waals surface area contributed by atoms with Crippen molar-refractivity contribution in [2.75, 3.05) is 45.8 Å². The molecule has 0 unspecified atom stereocenters. The fraction of sp³-hybridized carbons (Fsp3) is 0.632. The molecule has 1 heterocycles. The minimum Gasteiger partial charge on any atom is -0.355 e. The van der Waals surface area contributed by atoms with Gasteiger partial charge in [0, 0.05) is 32.7 Å². The molecule has 2 fully saturated rings. The van der Waals surface area contributed by atoms with Crippen LogP contribution in [0.3, 0.4) is 0 Å². The molecule has 0 bridgehead atoms. The van der Waals surface area contributed by atoms with Gasteiger partial charge in [-0.05, 0) is 37.9 Å². The van der Waals surface area contributed by atoms with Gasteiger partial charge in [0.1, 0.15) is 0 Å². The summed E-state index contributed by atoms with van der Waals surface area (Å²) in [6.45, 7) is 9.96. The number of carbonyl (C=O) groups excluding carboxylic acids is 1. The van der Waals surface area contributed by atoms with Crippen LogP contribution in [0.5, 0.6) is 0 Å². The van der Waals surface area contributed by atoms with Gasteiger partial charge in [0.2, 0.25) is 5.91 Å². The van der Waals surface area contributed by atoms with Crippen molar-refractivity contribution >= 4 is 5.91 Å². The van der Waals surface area contributed by atoms with E-state index in [2.05, 4.69) is 34.2 Å². The average Bonchev–Trinajstić information content (AvgIpc) is 3.42. The molecule has 0 aromatic heterocycles. The molecular weight excluding hydrogens is 286 g/mol. The van der Waals surface area contributed by atoms with E-state index in [0.717, 1.165) is 52.0 Å². The molecule has 23 heavy (non-hydrogen) atoms. The first kappa shape index (κ1) is 16.5. The summed E-state index contributed by atoms with van der Waals surface area (Å²) in [5, 5.41) is 3.17. The Morgan fingerprint density at radius 3 is 2.35 bits per heavy atom. The van der Waals surface area contributed by atoms with Crippen molar-refractivity contribution in [2.45, 2.75) is 31.6 Å². The van der Waals surface area contributed by atoms with E-state index in [1.807, 2.05) is 18.2 Å². The maximum Gasteiger partial charge on any atom is 0.230 e. The predicted octanol–water partition coefficient (Wildman–Crippen LogP) is 1.86. The minimum atomic E-state index is -0.228. The van der Waals surface area contributed by atoms with Crippen LogP contribution in [0.1, 0.15) is 31.7 Å². The molecule has 4 nitrogen and oxygen atoms in total. The third-order valence-corrected chi connectivity index (χ3v) is 5.36. The second-order valence-electron chi connectivity index (χ2n) is 6.83. The molecule has 0 radical (unpaired) electrons. The SMILES string of the molecule is CCN1CCN(CCCNC(=O)C2(c3ccccc3)CC2)CC1. The summed E-state index contributed by atoms with van der Waals surface area (Å²) in [7, 11) is 0. The highest BCUT2D eigenvalue weighted by molar-refractivity contribution is 5.91. The van der Waals surface area contributed by atoms with Gasteiger partial charge in [0.15, 0.2) is 0 Å². The molecule has 1 aromatic carbocycles. The third kappa shape index (κ3) is 3.93. The number of likely N-dealkylation sites (N-methyl/N-ethyl adjacent to an activating group) is 1. The van der Waals surface area contributed by atoms with Gasteiger partial charge >= 0.3 is 0 Å². The van der Waals surface area contributed by atoms with Crippen molar-refractivity contribution in [3.05, 3.63) is 35.9 Å². The van der Waals surface area contributed by atoms with Crippen molar-refractivity contribution < 1.29 is 4.79 Å². The Labute approximate surface area is 139 Å². The Bertz CT molecular complexity index is 505. The number of benzene rings is 1. The molecule has 1 amide bonds. The third-order valence-electron chi connectivity index (χ3n) is 5.36. The molecule has 1 N–H and O–H groups in total. The van der Waals surface area contributed by atoms with Crippen molar-refractivity contribution in [1.82, 2.24) is 15.1 Å². The molecule has 126 valence electrons. The number of piperazine rings is 1. The first-order valence-corrected chi connectivity index (χ1v) is 9.03. The second kappa shape index (κ2) is 7.45. The number of hydrogen-bond donors (Lipinski definition) is 1. The summed E-state index contributed by atoms with van der Waals surface area (Å²) in [5.74, 6) is 0.222. The maximum absolute atomic E-state index is 12.5. The van der Waals surface area contributed by atoms with E-state index >= 15 is 0 Å². The molecule has 0 spiro atoms. The quantitative estimate of drug-likeness (QED) is 0.780.